The first-order valence-electron chi connectivity index (χ1n) is 11.8. The molecule has 180 valence electrons. The number of pyridine rings is 1. The number of carbonyl (C=O) groups is 1. The number of nitrogens with one attached hydrogen (secondary N) is 1. The standard InChI is InChI=1S/C26H38N4O2S/c1-19-22(11-12-24(25(19)33-5)32-15-9-8-14-29(3)4)20(2)30-17-21(18-30)16-28-26(31)23-10-6-7-13-27-23/h6-7,10-13,20-21H,8-9,14-18H2,1-5H3,(H,28,31). The minimum atomic E-state index is -0.0974. The minimum absolute atomic E-state index is 0.0974. The molecular weight excluding hydrogens is 432 g/mol. The number of nitrogens with zero attached hydrogens (tertiary/aromatic N) is 3. The molecule has 0 saturated carbocycles. The van der Waals surface area contributed by atoms with Crippen molar-refractivity contribution >= 4 is 17.7 Å². The zero-order chi connectivity index (χ0) is 23.8. The Hall–Kier alpha value is -2.09. The van der Waals surface area contributed by atoms with Crippen LogP contribution in [0.3, 0.4) is 0 Å². The highest BCUT2D eigenvalue weighted by Gasteiger charge is 2.32. The summed E-state index contributed by atoms with van der Waals surface area (Å²) >= 11 is 1.76. The van der Waals surface area contributed by atoms with Crippen LogP contribution in [0, 0.1) is 12.8 Å². The third-order valence-corrected chi connectivity index (χ3v) is 7.22. The molecular formula is C26H38N4O2S. The van der Waals surface area contributed by atoms with E-state index in [4.69, 9.17) is 4.74 Å². The Morgan fingerprint density at radius 2 is 2.06 bits per heavy atom. The Morgan fingerprint density at radius 1 is 1.27 bits per heavy atom. The van der Waals surface area contributed by atoms with Gasteiger partial charge in [-0.2, -0.15) is 0 Å². The van der Waals surface area contributed by atoms with Crippen LogP contribution in [0.25, 0.3) is 0 Å². The smallest absolute Gasteiger partial charge is 0.269 e. The van der Waals surface area contributed by atoms with Crippen molar-refractivity contribution in [3.8, 4) is 5.75 Å². The quantitative estimate of drug-likeness (QED) is 0.370. The fourth-order valence-corrected chi connectivity index (χ4v) is 5.04. The molecule has 1 aliphatic heterocycles. The number of thioether (sulfide) groups is 1. The normalized spacial score (nSPS) is 15.3. The first-order chi connectivity index (χ1) is 15.9. The summed E-state index contributed by atoms with van der Waals surface area (Å²) in [5.41, 5.74) is 3.14. The van der Waals surface area contributed by atoms with Crippen LogP contribution in [0.5, 0.6) is 5.75 Å². The van der Waals surface area contributed by atoms with Crippen molar-refractivity contribution < 1.29 is 9.53 Å². The second-order valence-corrected chi connectivity index (χ2v) is 9.91. The molecule has 2 heterocycles. The van der Waals surface area contributed by atoms with E-state index in [0.29, 0.717) is 24.2 Å². The van der Waals surface area contributed by atoms with Gasteiger partial charge in [0.25, 0.3) is 5.91 Å². The topological polar surface area (TPSA) is 57.7 Å². The van der Waals surface area contributed by atoms with Gasteiger partial charge in [-0.15, -0.1) is 11.8 Å². The molecule has 1 aromatic carbocycles. The molecule has 0 radical (unpaired) electrons. The van der Waals surface area contributed by atoms with Crippen molar-refractivity contribution in [2.75, 3.05) is 53.1 Å². The molecule has 1 N–H and O–H groups in total. The predicted octanol–water partition coefficient (Wildman–Crippen LogP) is 4.26. The molecule has 1 atom stereocenters. The molecule has 1 aromatic heterocycles. The van der Waals surface area contributed by atoms with E-state index in [-0.39, 0.29) is 5.91 Å². The van der Waals surface area contributed by atoms with Crippen molar-refractivity contribution in [3.05, 3.63) is 53.3 Å². The molecule has 33 heavy (non-hydrogen) atoms. The van der Waals surface area contributed by atoms with E-state index in [1.54, 1.807) is 24.0 Å². The number of amides is 1. The highest BCUT2D eigenvalue weighted by Crippen LogP contribution is 2.38. The maximum atomic E-state index is 12.2. The van der Waals surface area contributed by atoms with Gasteiger partial charge in [-0.05, 0) is 82.9 Å². The average molecular weight is 471 g/mol. The Kier molecular flexibility index (Phi) is 9.59. The number of likely N-dealkylation sites (tertiary alicyclic amines) is 1. The summed E-state index contributed by atoms with van der Waals surface area (Å²) in [5.74, 6) is 1.38. The van der Waals surface area contributed by atoms with Crippen LogP contribution in [-0.2, 0) is 0 Å². The Bertz CT molecular complexity index is 901. The summed E-state index contributed by atoms with van der Waals surface area (Å²) in [4.78, 5) is 22.3. The van der Waals surface area contributed by atoms with Crippen molar-refractivity contribution in [2.24, 2.45) is 5.92 Å². The zero-order valence-corrected chi connectivity index (χ0v) is 21.5. The van der Waals surface area contributed by atoms with Crippen LogP contribution < -0.4 is 10.1 Å². The van der Waals surface area contributed by atoms with E-state index in [1.165, 1.54) is 16.0 Å². The predicted molar refractivity (Wildman–Crippen MR) is 136 cm³/mol. The van der Waals surface area contributed by atoms with E-state index in [0.717, 1.165) is 44.8 Å². The van der Waals surface area contributed by atoms with Crippen LogP contribution >= 0.6 is 11.8 Å². The summed E-state index contributed by atoms with van der Waals surface area (Å²) in [6.45, 7) is 9.00. The van der Waals surface area contributed by atoms with Gasteiger partial charge in [0, 0.05) is 37.8 Å². The van der Waals surface area contributed by atoms with Gasteiger partial charge < -0.3 is 15.0 Å². The molecule has 3 rings (SSSR count). The lowest BCUT2D eigenvalue weighted by molar-refractivity contribution is 0.0568. The van der Waals surface area contributed by atoms with Gasteiger partial charge >= 0.3 is 0 Å². The number of carbonyl (C=O) groups excluding carboxylic acids is 1. The number of ether oxygens (including phenoxy) is 1. The van der Waals surface area contributed by atoms with Gasteiger partial charge in [0.05, 0.1) is 11.5 Å². The SMILES string of the molecule is CSc1c(OCCCCN(C)C)ccc(C(C)N2CC(CNC(=O)c3ccccn3)C2)c1C. The van der Waals surface area contributed by atoms with E-state index >= 15 is 0 Å². The molecule has 1 unspecified atom stereocenters. The lowest BCUT2D eigenvalue weighted by atomic mass is 9.93. The lowest BCUT2D eigenvalue weighted by Gasteiger charge is -2.44. The summed E-state index contributed by atoms with van der Waals surface area (Å²) in [5, 5.41) is 3.02. The lowest BCUT2D eigenvalue weighted by Crippen LogP contribution is -2.52. The summed E-state index contributed by atoms with van der Waals surface area (Å²) in [6.07, 6.45) is 5.98. The van der Waals surface area contributed by atoms with Crippen molar-refractivity contribution in [3.63, 3.8) is 0 Å². The van der Waals surface area contributed by atoms with E-state index in [1.807, 2.05) is 12.1 Å². The largest absolute Gasteiger partial charge is 0.492 e. The highest BCUT2D eigenvalue weighted by molar-refractivity contribution is 7.98. The Balaban J connectivity index is 1.49. The first kappa shape index (κ1) is 25.5. The average Bonchev–Trinajstić information content (AvgIpc) is 2.78. The third kappa shape index (κ3) is 6.95. The molecule has 0 bridgehead atoms. The fraction of sp³-hybridized carbons (Fsp3) is 0.538. The molecule has 0 aliphatic carbocycles. The van der Waals surface area contributed by atoms with Crippen LogP contribution in [0.1, 0.15) is 47.4 Å². The number of rotatable bonds is 12. The summed E-state index contributed by atoms with van der Waals surface area (Å²) in [6, 6.07) is 10.1. The highest BCUT2D eigenvalue weighted by atomic mass is 32.2. The van der Waals surface area contributed by atoms with Crippen LogP contribution in [0.2, 0.25) is 0 Å². The number of unbranched alkanes of at least 4 members (excludes halogenated alkanes) is 1. The number of hydrogen-bond acceptors (Lipinski definition) is 6. The van der Waals surface area contributed by atoms with Gasteiger partial charge in [-0.25, -0.2) is 0 Å². The third-order valence-electron chi connectivity index (χ3n) is 6.31. The van der Waals surface area contributed by atoms with Crippen molar-refractivity contribution in [1.82, 2.24) is 20.1 Å². The zero-order valence-electron chi connectivity index (χ0n) is 20.6. The number of hydrogen-bond donors (Lipinski definition) is 1. The summed E-state index contributed by atoms with van der Waals surface area (Å²) in [7, 11) is 4.21. The van der Waals surface area contributed by atoms with Crippen molar-refractivity contribution in [2.45, 2.75) is 37.6 Å². The van der Waals surface area contributed by atoms with Crippen LogP contribution in [0.4, 0.5) is 0 Å². The molecule has 1 saturated heterocycles. The first-order valence-corrected chi connectivity index (χ1v) is 13.0. The second-order valence-electron chi connectivity index (χ2n) is 9.09. The maximum Gasteiger partial charge on any atom is 0.269 e. The van der Waals surface area contributed by atoms with Crippen molar-refractivity contribution in [1.29, 1.82) is 0 Å². The van der Waals surface area contributed by atoms with Gasteiger partial charge in [0.2, 0.25) is 0 Å². The minimum Gasteiger partial charge on any atom is -0.492 e. The molecule has 1 amide bonds. The van der Waals surface area contributed by atoms with Crippen LogP contribution in [0.15, 0.2) is 41.4 Å². The number of benzene rings is 1. The van der Waals surface area contributed by atoms with E-state index < -0.39 is 0 Å². The van der Waals surface area contributed by atoms with E-state index in [2.05, 4.69) is 66.4 Å². The molecule has 1 aliphatic rings. The number of aromatic nitrogens is 1. The second kappa shape index (κ2) is 12.4. The molecule has 1 fully saturated rings. The fourth-order valence-electron chi connectivity index (χ4n) is 4.29. The van der Waals surface area contributed by atoms with Gasteiger partial charge in [0.1, 0.15) is 11.4 Å². The summed E-state index contributed by atoms with van der Waals surface area (Å²) < 4.78 is 6.14. The molecule has 0 spiro atoms. The van der Waals surface area contributed by atoms with Gasteiger partial charge in [0.15, 0.2) is 0 Å². The van der Waals surface area contributed by atoms with Gasteiger partial charge in [-0.1, -0.05) is 12.1 Å². The molecule has 2 aromatic rings. The monoisotopic (exact) mass is 470 g/mol. The van der Waals surface area contributed by atoms with E-state index in [9.17, 15) is 4.79 Å². The molecule has 7 heteroatoms. The Labute approximate surface area is 203 Å². The van der Waals surface area contributed by atoms with Crippen LogP contribution in [-0.4, -0.2) is 73.8 Å². The van der Waals surface area contributed by atoms with Gasteiger partial charge in [-0.3, -0.25) is 14.7 Å². The molecule has 6 nitrogen and oxygen atoms in total. The maximum absolute atomic E-state index is 12.2. The Morgan fingerprint density at radius 3 is 2.73 bits per heavy atom.